The Kier molecular flexibility index (Phi) is 5.03. The van der Waals surface area contributed by atoms with Gasteiger partial charge in [0.2, 0.25) is 0 Å². The molecule has 0 spiro atoms. The molecular weight excluding hydrogens is 460 g/mol. The number of rotatable bonds is 4. The maximum atomic E-state index is 6.45. The molecule has 2 aliphatic rings. The minimum Gasteiger partial charge on any atom is -0.456 e. The van der Waals surface area contributed by atoms with Crippen molar-refractivity contribution in [1.82, 2.24) is 0 Å². The van der Waals surface area contributed by atoms with Crippen molar-refractivity contribution in [2.75, 3.05) is 0 Å². The highest BCUT2D eigenvalue weighted by molar-refractivity contribution is 6.04. The van der Waals surface area contributed by atoms with Crippen molar-refractivity contribution in [2.45, 2.75) is 19.3 Å². The first-order valence-corrected chi connectivity index (χ1v) is 13.2. The van der Waals surface area contributed by atoms with Crippen LogP contribution in [0.15, 0.2) is 134 Å². The van der Waals surface area contributed by atoms with Gasteiger partial charge in [-0.25, -0.2) is 0 Å². The predicted molar refractivity (Wildman–Crippen MR) is 160 cm³/mol. The summed E-state index contributed by atoms with van der Waals surface area (Å²) >= 11 is 0. The molecule has 0 saturated heterocycles. The molecule has 5 aromatic rings. The smallest absolute Gasteiger partial charge is 0.135 e. The van der Waals surface area contributed by atoms with E-state index in [4.69, 9.17) is 4.74 Å². The lowest BCUT2D eigenvalue weighted by Gasteiger charge is -2.28. The van der Waals surface area contributed by atoms with E-state index in [0.29, 0.717) is 0 Å². The number of benzene rings is 5. The zero-order valence-electron chi connectivity index (χ0n) is 21.7. The summed E-state index contributed by atoms with van der Waals surface area (Å²) in [5.74, 6) is 1.83. The van der Waals surface area contributed by atoms with Crippen LogP contribution in [-0.2, 0) is 5.41 Å². The summed E-state index contributed by atoms with van der Waals surface area (Å²) in [6.45, 7) is 8.83. The Labute approximate surface area is 224 Å². The lowest BCUT2D eigenvalue weighted by atomic mass is 9.74. The average Bonchev–Trinajstić information content (AvgIpc) is 3.22. The SMILES string of the molecule is C=C(/C=C\C=C/C)C1(C)c2ccccc2-c2cc(-c3ccc4c(c3)Oc3cccc5cccc-4c35)ccc21. The molecule has 0 N–H and O–H groups in total. The molecule has 38 heavy (non-hydrogen) atoms. The first-order chi connectivity index (χ1) is 18.6. The van der Waals surface area contributed by atoms with Crippen LogP contribution >= 0.6 is 0 Å². The van der Waals surface area contributed by atoms with E-state index in [-0.39, 0.29) is 5.41 Å². The van der Waals surface area contributed by atoms with Crippen LogP contribution in [-0.4, -0.2) is 0 Å². The zero-order valence-corrected chi connectivity index (χ0v) is 21.7. The van der Waals surface area contributed by atoms with Gasteiger partial charge in [-0.05, 0) is 88.0 Å². The summed E-state index contributed by atoms with van der Waals surface area (Å²) in [7, 11) is 0. The van der Waals surface area contributed by atoms with E-state index >= 15 is 0 Å². The third kappa shape index (κ3) is 3.18. The second-order valence-electron chi connectivity index (χ2n) is 10.3. The predicted octanol–water partition coefficient (Wildman–Crippen LogP) is 10.3. The van der Waals surface area contributed by atoms with Gasteiger partial charge < -0.3 is 4.74 Å². The van der Waals surface area contributed by atoms with Gasteiger partial charge in [0, 0.05) is 16.4 Å². The Morgan fingerprint density at radius 1 is 0.684 bits per heavy atom. The van der Waals surface area contributed by atoms with Crippen LogP contribution in [0, 0.1) is 0 Å². The summed E-state index contributed by atoms with van der Waals surface area (Å²) in [5, 5.41) is 2.39. The van der Waals surface area contributed by atoms with Crippen molar-refractivity contribution in [3.05, 3.63) is 145 Å². The van der Waals surface area contributed by atoms with Crippen LogP contribution < -0.4 is 4.74 Å². The molecular formula is C37H28O. The highest BCUT2D eigenvalue weighted by Crippen LogP contribution is 2.53. The van der Waals surface area contributed by atoms with Gasteiger partial charge >= 0.3 is 0 Å². The molecule has 1 atom stereocenters. The standard InChI is InChI=1S/C37H28O/c1-4-5-6-11-24(2)37(3)32-16-8-7-14-28(32)31-22-26(19-21-33(31)37)27-18-20-29-30-15-9-12-25-13-10-17-34(36(25)30)38-35(29)23-27/h4-23H,2H2,1,3H3/b5-4-,11-6-. The van der Waals surface area contributed by atoms with Crippen molar-refractivity contribution in [3.8, 4) is 44.9 Å². The number of hydrogen-bond acceptors (Lipinski definition) is 1. The van der Waals surface area contributed by atoms with Crippen LogP contribution in [0.3, 0.4) is 0 Å². The van der Waals surface area contributed by atoms with E-state index in [1.165, 1.54) is 44.2 Å². The summed E-state index contributed by atoms with van der Waals surface area (Å²) in [4.78, 5) is 0. The van der Waals surface area contributed by atoms with Gasteiger partial charge in [0.15, 0.2) is 0 Å². The molecule has 1 aliphatic carbocycles. The van der Waals surface area contributed by atoms with E-state index in [1.807, 2.05) is 13.0 Å². The number of allylic oxidation sites excluding steroid dienone is 5. The molecule has 5 aromatic carbocycles. The summed E-state index contributed by atoms with van der Waals surface area (Å²) < 4.78 is 6.45. The molecule has 0 aromatic heterocycles. The third-order valence-electron chi connectivity index (χ3n) is 8.25. The quantitative estimate of drug-likeness (QED) is 0.224. The van der Waals surface area contributed by atoms with Crippen molar-refractivity contribution in [1.29, 1.82) is 0 Å². The normalized spacial score (nSPS) is 16.9. The number of ether oxygens (including phenoxy) is 1. The second-order valence-corrected chi connectivity index (χ2v) is 10.3. The van der Waals surface area contributed by atoms with Crippen molar-refractivity contribution in [3.63, 3.8) is 0 Å². The minimum absolute atomic E-state index is 0.274. The number of fused-ring (bicyclic) bond motifs is 5. The lowest BCUT2D eigenvalue weighted by molar-refractivity contribution is 0.487. The van der Waals surface area contributed by atoms with Crippen molar-refractivity contribution >= 4 is 10.8 Å². The van der Waals surface area contributed by atoms with Gasteiger partial charge in [0.1, 0.15) is 11.5 Å². The van der Waals surface area contributed by atoms with Crippen molar-refractivity contribution in [2.24, 2.45) is 0 Å². The van der Waals surface area contributed by atoms with Gasteiger partial charge in [-0.15, -0.1) is 0 Å². The molecule has 1 aliphatic heterocycles. The minimum atomic E-state index is -0.274. The molecule has 7 rings (SSSR count). The van der Waals surface area contributed by atoms with E-state index in [2.05, 4.69) is 129 Å². The van der Waals surface area contributed by atoms with Gasteiger partial charge in [-0.1, -0.05) is 104 Å². The fraction of sp³-hybridized carbons (Fsp3) is 0.0811. The molecule has 0 fully saturated rings. The summed E-state index contributed by atoms with van der Waals surface area (Å²) in [5.41, 5.74) is 10.7. The monoisotopic (exact) mass is 488 g/mol. The highest BCUT2D eigenvalue weighted by atomic mass is 16.5. The maximum absolute atomic E-state index is 6.45. The van der Waals surface area contributed by atoms with Gasteiger partial charge in [0.05, 0.1) is 0 Å². The molecule has 1 heteroatoms. The summed E-state index contributed by atoms with van der Waals surface area (Å²) in [6, 6.07) is 34.9. The highest BCUT2D eigenvalue weighted by Gasteiger charge is 2.40. The first-order valence-electron chi connectivity index (χ1n) is 13.2. The lowest BCUT2D eigenvalue weighted by Crippen LogP contribution is -2.22. The van der Waals surface area contributed by atoms with E-state index in [0.717, 1.165) is 28.2 Å². The molecule has 0 radical (unpaired) electrons. The Morgan fingerprint density at radius 2 is 1.42 bits per heavy atom. The Morgan fingerprint density at radius 3 is 2.29 bits per heavy atom. The van der Waals surface area contributed by atoms with Gasteiger partial charge in [-0.3, -0.25) is 0 Å². The second kappa shape index (κ2) is 8.46. The Balaban J connectivity index is 1.34. The van der Waals surface area contributed by atoms with E-state index < -0.39 is 0 Å². The molecule has 0 bridgehead atoms. The molecule has 0 saturated carbocycles. The summed E-state index contributed by atoms with van der Waals surface area (Å²) in [6.07, 6.45) is 8.31. The van der Waals surface area contributed by atoms with E-state index in [1.54, 1.807) is 0 Å². The zero-order chi connectivity index (χ0) is 25.9. The van der Waals surface area contributed by atoms with E-state index in [9.17, 15) is 0 Å². The molecule has 1 unspecified atom stereocenters. The molecule has 0 amide bonds. The Bertz CT molecular complexity index is 1830. The average molecular weight is 489 g/mol. The van der Waals surface area contributed by atoms with Crippen molar-refractivity contribution < 1.29 is 4.74 Å². The Hall–Kier alpha value is -4.62. The molecule has 182 valence electrons. The van der Waals surface area contributed by atoms with Gasteiger partial charge in [-0.2, -0.15) is 0 Å². The van der Waals surface area contributed by atoms with Crippen LogP contribution in [0.5, 0.6) is 11.5 Å². The van der Waals surface area contributed by atoms with Gasteiger partial charge in [0.25, 0.3) is 0 Å². The van der Waals surface area contributed by atoms with Crippen LogP contribution in [0.4, 0.5) is 0 Å². The molecule has 1 nitrogen and oxygen atoms in total. The fourth-order valence-corrected chi connectivity index (χ4v) is 6.22. The largest absolute Gasteiger partial charge is 0.456 e. The maximum Gasteiger partial charge on any atom is 0.135 e. The number of hydrogen-bond donors (Lipinski definition) is 0. The fourth-order valence-electron chi connectivity index (χ4n) is 6.22. The van der Waals surface area contributed by atoms with Crippen LogP contribution in [0.25, 0.3) is 44.2 Å². The third-order valence-corrected chi connectivity index (χ3v) is 8.25. The topological polar surface area (TPSA) is 9.23 Å². The first kappa shape index (κ1) is 22.6. The molecule has 1 heterocycles. The van der Waals surface area contributed by atoms with Crippen LogP contribution in [0.1, 0.15) is 25.0 Å². The van der Waals surface area contributed by atoms with Crippen LogP contribution in [0.2, 0.25) is 0 Å².